The van der Waals surface area contributed by atoms with E-state index in [-0.39, 0.29) is 0 Å². The van der Waals surface area contributed by atoms with E-state index in [1.807, 2.05) is 0 Å². The van der Waals surface area contributed by atoms with Gasteiger partial charge in [0, 0.05) is 0 Å². The molecule has 96 valence electrons. The van der Waals surface area contributed by atoms with Crippen LogP contribution < -0.4 is 0 Å². The monoisotopic (exact) mass is 256 g/mol. The van der Waals surface area contributed by atoms with Crippen molar-refractivity contribution in [2.24, 2.45) is 0 Å². The van der Waals surface area contributed by atoms with Crippen LogP contribution in [0.5, 0.6) is 0 Å². The molecule has 0 radical (unpaired) electrons. The molecule has 0 aromatic heterocycles. The standard InChI is InChI=1S/C20H16/c1-14-10-12-19-17-8-3-2-6-15(17)11-13-20(19)18-9-5-4-7-16(14)18/h2-14H,1H3. The van der Waals surface area contributed by atoms with E-state index >= 15 is 0 Å². The molecule has 0 heterocycles. The molecule has 0 amide bonds. The van der Waals surface area contributed by atoms with E-state index in [0.717, 1.165) is 0 Å². The molecular weight excluding hydrogens is 240 g/mol. The predicted octanol–water partition coefficient (Wildman–Crippen LogP) is 5.64. The van der Waals surface area contributed by atoms with Gasteiger partial charge in [-0.05, 0) is 38.9 Å². The van der Waals surface area contributed by atoms with Crippen LogP contribution in [-0.4, -0.2) is 0 Å². The van der Waals surface area contributed by atoms with Gasteiger partial charge >= 0.3 is 0 Å². The van der Waals surface area contributed by atoms with Crippen LogP contribution in [0, 0.1) is 0 Å². The van der Waals surface area contributed by atoms with Gasteiger partial charge in [0.25, 0.3) is 0 Å². The Kier molecular flexibility index (Phi) is 2.50. The second-order valence-electron chi connectivity index (χ2n) is 5.48. The van der Waals surface area contributed by atoms with Crippen LogP contribution in [0.4, 0.5) is 0 Å². The Morgan fingerprint density at radius 2 is 1.55 bits per heavy atom. The zero-order valence-corrected chi connectivity index (χ0v) is 11.5. The van der Waals surface area contributed by atoms with Crippen molar-refractivity contribution in [3.05, 3.63) is 77.9 Å². The minimum Gasteiger partial charge on any atom is -0.0766 e. The van der Waals surface area contributed by atoms with E-state index in [9.17, 15) is 0 Å². The van der Waals surface area contributed by atoms with Crippen molar-refractivity contribution in [3.8, 4) is 11.1 Å². The lowest BCUT2D eigenvalue weighted by Crippen LogP contribution is -1.91. The molecule has 1 atom stereocenters. The first-order chi connectivity index (χ1) is 9.84. The zero-order valence-electron chi connectivity index (χ0n) is 11.5. The molecule has 0 aliphatic heterocycles. The third-order valence-electron chi connectivity index (χ3n) is 4.26. The Balaban J connectivity index is 2.13. The van der Waals surface area contributed by atoms with Crippen molar-refractivity contribution in [3.63, 3.8) is 0 Å². The van der Waals surface area contributed by atoms with Crippen LogP contribution >= 0.6 is 0 Å². The van der Waals surface area contributed by atoms with Crippen molar-refractivity contribution in [1.29, 1.82) is 0 Å². The minimum atomic E-state index is 0.456. The molecule has 1 unspecified atom stereocenters. The topological polar surface area (TPSA) is 0 Å². The Morgan fingerprint density at radius 3 is 2.50 bits per heavy atom. The molecule has 4 rings (SSSR count). The second kappa shape index (κ2) is 4.35. The molecule has 0 spiro atoms. The van der Waals surface area contributed by atoms with Crippen LogP contribution in [-0.2, 0) is 0 Å². The Morgan fingerprint density at radius 1 is 0.750 bits per heavy atom. The van der Waals surface area contributed by atoms with Gasteiger partial charge in [-0.2, -0.15) is 0 Å². The first-order valence-electron chi connectivity index (χ1n) is 7.14. The molecule has 0 nitrogen and oxygen atoms in total. The number of benzene rings is 3. The number of rotatable bonds is 0. The van der Waals surface area contributed by atoms with Crippen LogP contribution in [0.2, 0.25) is 0 Å². The summed E-state index contributed by atoms with van der Waals surface area (Å²) in [7, 11) is 0. The van der Waals surface area contributed by atoms with Crippen molar-refractivity contribution in [2.75, 3.05) is 0 Å². The summed E-state index contributed by atoms with van der Waals surface area (Å²) in [6.45, 7) is 2.27. The van der Waals surface area contributed by atoms with Crippen molar-refractivity contribution >= 4 is 16.8 Å². The Labute approximate surface area is 119 Å². The highest BCUT2D eigenvalue weighted by Crippen LogP contribution is 2.39. The van der Waals surface area contributed by atoms with Gasteiger partial charge in [-0.1, -0.05) is 79.7 Å². The summed E-state index contributed by atoms with van der Waals surface area (Å²) in [6, 6.07) is 21.9. The predicted molar refractivity (Wildman–Crippen MR) is 86.8 cm³/mol. The second-order valence-corrected chi connectivity index (χ2v) is 5.48. The van der Waals surface area contributed by atoms with Gasteiger partial charge in [0.1, 0.15) is 0 Å². The summed E-state index contributed by atoms with van der Waals surface area (Å²) >= 11 is 0. The summed E-state index contributed by atoms with van der Waals surface area (Å²) in [4.78, 5) is 0. The van der Waals surface area contributed by atoms with Gasteiger partial charge in [-0.3, -0.25) is 0 Å². The van der Waals surface area contributed by atoms with E-state index in [0.29, 0.717) is 5.92 Å². The van der Waals surface area contributed by atoms with E-state index in [1.54, 1.807) is 0 Å². The van der Waals surface area contributed by atoms with E-state index in [4.69, 9.17) is 0 Å². The molecule has 1 aliphatic rings. The molecule has 0 fully saturated rings. The fraction of sp³-hybridized carbons (Fsp3) is 0.100. The first kappa shape index (κ1) is 11.5. The smallest absolute Gasteiger partial charge is 0.0000945 e. The summed E-state index contributed by atoms with van der Waals surface area (Å²) in [5.74, 6) is 0.456. The van der Waals surface area contributed by atoms with E-state index < -0.39 is 0 Å². The molecule has 0 bridgehead atoms. The molecule has 0 N–H and O–H groups in total. The SMILES string of the molecule is CC1C=Cc2c(ccc3ccccc23)-c2ccccc21. The van der Waals surface area contributed by atoms with Gasteiger partial charge < -0.3 is 0 Å². The third kappa shape index (κ3) is 1.61. The third-order valence-corrected chi connectivity index (χ3v) is 4.26. The van der Waals surface area contributed by atoms with Gasteiger partial charge in [-0.15, -0.1) is 0 Å². The van der Waals surface area contributed by atoms with Gasteiger partial charge in [0.05, 0.1) is 0 Å². The molecular formula is C20H16. The van der Waals surface area contributed by atoms with Crippen molar-refractivity contribution < 1.29 is 0 Å². The first-order valence-corrected chi connectivity index (χ1v) is 7.14. The van der Waals surface area contributed by atoms with Crippen molar-refractivity contribution in [1.82, 2.24) is 0 Å². The van der Waals surface area contributed by atoms with Crippen LogP contribution in [0.25, 0.3) is 28.0 Å². The highest BCUT2D eigenvalue weighted by atomic mass is 14.2. The Hall–Kier alpha value is -2.34. The molecule has 0 saturated carbocycles. The van der Waals surface area contributed by atoms with Crippen LogP contribution in [0.1, 0.15) is 24.0 Å². The summed E-state index contributed by atoms with van der Waals surface area (Å²) in [5.41, 5.74) is 5.48. The fourth-order valence-electron chi connectivity index (χ4n) is 3.19. The highest BCUT2D eigenvalue weighted by molar-refractivity contribution is 5.98. The highest BCUT2D eigenvalue weighted by Gasteiger charge is 2.16. The zero-order chi connectivity index (χ0) is 13.5. The maximum atomic E-state index is 2.32. The minimum absolute atomic E-state index is 0.456. The number of allylic oxidation sites excluding steroid dienone is 1. The maximum Gasteiger partial charge on any atom is -0.0000945 e. The molecule has 0 heteroatoms. The molecule has 0 saturated heterocycles. The number of hydrogen-bond acceptors (Lipinski definition) is 0. The van der Waals surface area contributed by atoms with E-state index in [2.05, 4.69) is 79.7 Å². The molecule has 20 heavy (non-hydrogen) atoms. The lowest BCUT2D eigenvalue weighted by Gasteiger charge is -2.13. The number of fused-ring (bicyclic) bond motifs is 5. The van der Waals surface area contributed by atoms with Gasteiger partial charge in [0.2, 0.25) is 0 Å². The average molecular weight is 256 g/mol. The summed E-state index contributed by atoms with van der Waals surface area (Å²) in [5, 5.41) is 2.65. The summed E-state index contributed by atoms with van der Waals surface area (Å²) < 4.78 is 0. The lowest BCUT2D eigenvalue weighted by molar-refractivity contribution is 0.979. The Bertz CT molecular complexity index is 824. The largest absolute Gasteiger partial charge is 0.0766 e. The lowest BCUT2D eigenvalue weighted by atomic mass is 9.91. The molecule has 1 aliphatic carbocycles. The normalized spacial score (nSPS) is 16.6. The molecule has 3 aromatic rings. The number of hydrogen-bond donors (Lipinski definition) is 0. The fourth-order valence-corrected chi connectivity index (χ4v) is 3.19. The molecule has 3 aromatic carbocycles. The van der Waals surface area contributed by atoms with E-state index in [1.165, 1.54) is 33.0 Å². The van der Waals surface area contributed by atoms with Crippen LogP contribution in [0.3, 0.4) is 0 Å². The quantitative estimate of drug-likeness (QED) is 0.488. The average Bonchev–Trinajstić information content (AvgIpc) is 2.65. The van der Waals surface area contributed by atoms with Gasteiger partial charge in [0.15, 0.2) is 0 Å². The summed E-state index contributed by atoms with van der Waals surface area (Å²) in [6.07, 6.45) is 4.61. The van der Waals surface area contributed by atoms with Crippen LogP contribution in [0.15, 0.2) is 66.7 Å². The van der Waals surface area contributed by atoms with Crippen molar-refractivity contribution in [2.45, 2.75) is 12.8 Å². The maximum absolute atomic E-state index is 2.32. The van der Waals surface area contributed by atoms with Gasteiger partial charge in [-0.25, -0.2) is 0 Å².